The molecule has 7 N–H and O–H groups in total. The van der Waals surface area contributed by atoms with Gasteiger partial charge in [0.2, 0.25) is 5.91 Å². The molecule has 0 bridgehead atoms. The first-order valence-corrected chi connectivity index (χ1v) is 15.3. The van der Waals surface area contributed by atoms with Crippen molar-refractivity contribution in [1.82, 2.24) is 9.38 Å². The molecular formula is C20H37Cl2N3Na3O9P2+. The fraction of sp³-hybridized carbons (Fsp3) is 0.600. The first-order valence-electron chi connectivity index (χ1n) is 11.0. The molecule has 0 aliphatic carbocycles. The van der Waals surface area contributed by atoms with Crippen LogP contribution in [0.3, 0.4) is 0 Å². The Morgan fingerprint density at radius 3 is 1.90 bits per heavy atom. The minimum atomic E-state index is -5.51. The van der Waals surface area contributed by atoms with Gasteiger partial charge in [-0.05, 0) is 43.4 Å². The summed E-state index contributed by atoms with van der Waals surface area (Å²) in [4.78, 5) is 62.4. The van der Waals surface area contributed by atoms with Gasteiger partial charge in [-0.3, -0.25) is 13.9 Å². The Morgan fingerprint density at radius 2 is 1.51 bits per heavy atom. The molecule has 2 amide bonds. The van der Waals surface area contributed by atoms with Gasteiger partial charge in [-0.25, -0.2) is 9.28 Å². The molecule has 0 saturated heterocycles. The van der Waals surface area contributed by atoms with Crippen molar-refractivity contribution in [3.63, 3.8) is 0 Å². The van der Waals surface area contributed by atoms with Gasteiger partial charge in [0.1, 0.15) is 18.8 Å². The van der Waals surface area contributed by atoms with Crippen LogP contribution < -0.4 is 98.9 Å². The summed E-state index contributed by atoms with van der Waals surface area (Å²) in [6.45, 7) is 0.833. The number of amides is 2. The van der Waals surface area contributed by atoms with Gasteiger partial charge in [-0.2, -0.15) is 0 Å². The van der Waals surface area contributed by atoms with Gasteiger partial charge in [-0.15, -0.1) is 23.2 Å². The molecule has 1 atom stereocenters. The fourth-order valence-electron chi connectivity index (χ4n) is 3.67. The molecule has 12 nitrogen and oxygen atoms in total. The number of hydrogen-bond acceptors (Lipinski definition) is 6. The van der Waals surface area contributed by atoms with Crippen molar-refractivity contribution in [2.75, 3.05) is 38.4 Å². The molecule has 0 aromatic heterocycles. The van der Waals surface area contributed by atoms with Crippen molar-refractivity contribution in [2.45, 2.75) is 36.8 Å². The van der Waals surface area contributed by atoms with Crippen LogP contribution in [0.4, 0.5) is 5.69 Å². The molecule has 1 rings (SSSR count). The largest absolute Gasteiger partial charge is 1.00 e. The Balaban J connectivity index is -0.000000540. The summed E-state index contributed by atoms with van der Waals surface area (Å²) < 4.78 is 22.8. The van der Waals surface area contributed by atoms with Gasteiger partial charge in [0, 0.05) is 13.6 Å². The summed E-state index contributed by atoms with van der Waals surface area (Å²) in [6.07, 6.45) is 0.0910. The van der Waals surface area contributed by atoms with Gasteiger partial charge in [0.05, 0.1) is 17.8 Å². The van der Waals surface area contributed by atoms with E-state index in [4.69, 9.17) is 48.5 Å². The zero-order chi connectivity index (χ0) is 27.8. The standard InChI is InChI=1S/C20H33Cl2N3O9P2.3Na.3H/c1-24(11-3-2-8-20(28,35(29,30)31)36(32,33)34)19(27)18(23)14-16-4-6-17(7-5-16)25(15-26,12-9-21)13-10-22;;;;;;/h4-7,15,18,28H,2-3,8-14,23H2,1H3,(H3-,29,30,31,32,33,34);;;;;;/q;3*+1;3*-1/p+1/t18-;;;;;;/m0....../s1. The maximum atomic E-state index is 12.6. The summed E-state index contributed by atoms with van der Waals surface area (Å²) in [6, 6.07) is 6.12. The molecule has 0 radical (unpaired) electrons. The monoisotopic (exact) mass is 664 g/mol. The van der Waals surface area contributed by atoms with Crippen LogP contribution in [0.15, 0.2) is 24.3 Å². The number of hydrogen-bond donors (Lipinski definition) is 6. The van der Waals surface area contributed by atoms with Crippen LogP contribution in [0.2, 0.25) is 0 Å². The number of nitrogens with zero attached hydrogens (tertiary/aromatic N) is 2. The van der Waals surface area contributed by atoms with E-state index in [0.29, 0.717) is 18.8 Å². The van der Waals surface area contributed by atoms with Crippen LogP contribution in [0.1, 0.15) is 29.1 Å². The number of likely N-dealkylation sites (N-methyl/N-ethyl adjacent to an activating group) is 1. The average molecular weight is 665 g/mol. The molecule has 0 fully saturated rings. The van der Waals surface area contributed by atoms with Crippen molar-refractivity contribution in [3.05, 3.63) is 29.8 Å². The van der Waals surface area contributed by atoms with Crippen LogP contribution in [0.25, 0.3) is 0 Å². The minimum absolute atomic E-state index is 0. The Labute approximate surface area is 309 Å². The second-order valence-electron chi connectivity index (χ2n) is 8.52. The summed E-state index contributed by atoms with van der Waals surface area (Å²) in [7, 11) is -9.56. The van der Waals surface area contributed by atoms with E-state index >= 15 is 0 Å². The predicted molar refractivity (Wildman–Crippen MR) is 141 cm³/mol. The molecule has 0 saturated carbocycles. The molecule has 19 heteroatoms. The number of alkyl halides is 2. The van der Waals surface area contributed by atoms with Crippen molar-refractivity contribution >= 4 is 56.4 Å². The van der Waals surface area contributed by atoms with Gasteiger partial charge < -0.3 is 39.6 Å². The van der Waals surface area contributed by atoms with E-state index < -0.39 is 38.6 Å². The summed E-state index contributed by atoms with van der Waals surface area (Å²) >= 11 is 11.7. The molecule has 0 unspecified atom stereocenters. The summed E-state index contributed by atoms with van der Waals surface area (Å²) in [5, 5.41) is 6.42. The third-order valence-electron chi connectivity index (χ3n) is 5.96. The zero-order valence-electron chi connectivity index (χ0n) is 25.8. The molecule has 0 aliphatic heterocycles. The molecule has 1 aromatic carbocycles. The first kappa shape index (κ1) is 45.5. The fourth-order valence-corrected chi connectivity index (χ4v) is 6.53. The Hall–Kier alpha value is 2.12. The Kier molecular flexibility index (Phi) is 23.6. The number of unbranched alkanes of at least 4 members (excludes halogenated alkanes) is 1. The van der Waals surface area contributed by atoms with Crippen LogP contribution in [-0.4, -0.2) is 91.5 Å². The predicted octanol–water partition coefficient (Wildman–Crippen LogP) is -7.52. The van der Waals surface area contributed by atoms with Crippen LogP contribution >= 0.6 is 38.4 Å². The van der Waals surface area contributed by atoms with Crippen LogP contribution in [-0.2, 0) is 25.1 Å². The second-order valence-corrected chi connectivity index (χ2v) is 13.3. The quantitative estimate of drug-likeness (QED) is 0.0246. The van der Waals surface area contributed by atoms with Gasteiger partial charge in [0.25, 0.3) is 5.08 Å². The number of carbonyl (C=O) groups is 2. The van der Waals surface area contributed by atoms with E-state index in [0.717, 1.165) is 12.0 Å². The summed E-state index contributed by atoms with van der Waals surface area (Å²) in [5.41, 5.74) is 7.51. The molecule has 0 spiro atoms. The molecule has 1 aromatic rings. The molecule has 0 heterocycles. The van der Waals surface area contributed by atoms with E-state index in [9.17, 15) is 23.8 Å². The number of nitrogens with two attached hydrogens (primary N) is 1. The van der Waals surface area contributed by atoms with Gasteiger partial charge in [-0.1, -0.05) is 12.1 Å². The number of carbonyl (C=O) groups excluding carboxylic acids is 2. The number of aliphatic hydroxyl groups is 1. The molecule has 0 aliphatic rings. The van der Waals surface area contributed by atoms with E-state index in [2.05, 4.69) is 0 Å². The van der Waals surface area contributed by atoms with Gasteiger partial charge in [0.15, 0.2) is 0 Å². The van der Waals surface area contributed by atoms with Crippen molar-refractivity contribution in [3.8, 4) is 0 Å². The van der Waals surface area contributed by atoms with Crippen molar-refractivity contribution in [1.29, 1.82) is 0 Å². The van der Waals surface area contributed by atoms with Gasteiger partial charge >= 0.3 is 110 Å². The number of rotatable bonds is 16. The van der Waals surface area contributed by atoms with E-state index in [-0.39, 0.29) is 135 Å². The van der Waals surface area contributed by atoms with E-state index in [1.165, 1.54) is 11.9 Å². The molecule has 39 heavy (non-hydrogen) atoms. The number of quaternary nitrogens is 1. The maximum absolute atomic E-state index is 12.6. The Bertz CT molecular complexity index is 975. The van der Waals surface area contributed by atoms with Crippen molar-refractivity contribution < 1.29 is 136 Å². The zero-order valence-corrected chi connectivity index (χ0v) is 32.1. The average Bonchev–Trinajstić information content (AvgIpc) is 2.79. The number of benzene rings is 1. The first-order chi connectivity index (χ1) is 16.6. The second kappa shape index (κ2) is 20.2. The topological polar surface area (TPSA) is 199 Å². The van der Waals surface area contributed by atoms with E-state index in [1.807, 2.05) is 0 Å². The third-order valence-corrected chi connectivity index (χ3v) is 10.2. The molecule has 212 valence electrons. The van der Waals surface area contributed by atoms with Crippen molar-refractivity contribution in [2.24, 2.45) is 5.73 Å². The smallest absolute Gasteiger partial charge is 1.00 e. The normalized spacial score (nSPS) is 12.8. The summed E-state index contributed by atoms with van der Waals surface area (Å²) in [5.74, 6) is 0.115. The SMILES string of the molecule is CN(CCCCC(O)(P(=O)(O)O)P(=O)(O)O)C(=O)[C@@H](N)Cc1ccc([N+](C=O)(CCCl)CCCl)cc1.[H-].[H-].[H-].[Na+].[Na+].[Na+]. The third kappa shape index (κ3) is 12.9. The molecular weight excluding hydrogens is 628 g/mol. The Morgan fingerprint density at radius 1 is 1.05 bits per heavy atom. The van der Waals surface area contributed by atoms with E-state index in [1.54, 1.807) is 24.3 Å². The van der Waals surface area contributed by atoms with Crippen LogP contribution in [0, 0.1) is 0 Å². The maximum Gasteiger partial charge on any atom is 1.00 e. The number of halogens is 2. The van der Waals surface area contributed by atoms with Crippen LogP contribution in [0.5, 0.6) is 0 Å². The minimum Gasteiger partial charge on any atom is -1.00 e.